The Kier molecular flexibility index (Phi) is 10.3. The number of halogens is 1. The number of benzene rings is 3. The van der Waals surface area contributed by atoms with Crippen molar-refractivity contribution in [2.45, 2.75) is 45.2 Å². The molecule has 1 atom stereocenters. The third-order valence-electron chi connectivity index (χ3n) is 6.37. The number of methoxy groups -OCH3 is 1. The van der Waals surface area contributed by atoms with Gasteiger partial charge in [0.2, 0.25) is 11.8 Å². The van der Waals surface area contributed by atoms with Gasteiger partial charge >= 0.3 is 0 Å². The number of carbonyl (C=O) groups excluding carboxylic acids is 2. The molecule has 0 saturated heterocycles. The van der Waals surface area contributed by atoms with E-state index in [0.717, 1.165) is 15.9 Å². The standard InChI is InChI=1S/C30H36FN3O5S/c1-21(2)18-32-30(36)23(4)33(19-24-12-14-25(39-5)15-13-24)29(35)20-34(28-9-7-6-8-27(28)31)40(37,38)26-16-10-22(3)11-17-26/h6-17,21,23H,18-20H2,1-5H3,(H,32,36). The van der Waals surface area contributed by atoms with Crippen LogP contribution in [0.15, 0.2) is 77.7 Å². The Balaban J connectivity index is 2.01. The molecule has 0 saturated carbocycles. The summed E-state index contributed by atoms with van der Waals surface area (Å²) in [5.74, 6) is -1.02. The molecular formula is C30H36FN3O5S. The molecule has 3 rings (SSSR count). The van der Waals surface area contributed by atoms with E-state index in [0.29, 0.717) is 17.9 Å². The van der Waals surface area contributed by atoms with Gasteiger partial charge in [0.05, 0.1) is 17.7 Å². The molecule has 0 bridgehead atoms. The highest BCUT2D eigenvalue weighted by atomic mass is 32.2. The molecule has 3 aromatic carbocycles. The van der Waals surface area contributed by atoms with Crippen molar-refractivity contribution in [3.8, 4) is 5.75 Å². The van der Waals surface area contributed by atoms with E-state index in [1.807, 2.05) is 20.8 Å². The summed E-state index contributed by atoms with van der Waals surface area (Å²) in [5.41, 5.74) is 1.29. The van der Waals surface area contributed by atoms with Gasteiger partial charge in [-0.3, -0.25) is 13.9 Å². The second-order valence-electron chi connectivity index (χ2n) is 9.96. The number of amides is 2. The SMILES string of the molecule is COc1ccc(CN(C(=O)CN(c2ccccc2F)S(=O)(=O)c2ccc(C)cc2)C(C)C(=O)NCC(C)C)cc1. The predicted octanol–water partition coefficient (Wildman–Crippen LogP) is 4.53. The maximum absolute atomic E-state index is 15.0. The zero-order valence-electron chi connectivity index (χ0n) is 23.4. The van der Waals surface area contributed by atoms with Crippen molar-refractivity contribution in [1.82, 2.24) is 10.2 Å². The average Bonchev–Trinajstić information content (AvgIpc) is 2.93. The smallest absolute Gasteiger partial charge is 0.264 e. The molecule has 0 radical (unpaired) electrons. The van der Waals surface area contributed by atoms with E-state index >= 15 is 0 Å². The van der Waals surface area contributed by atoms with Crippen LogP contribution in [0.2, 0.25) is 0 Å². The van der Waals surface area contributed by atoms with Crippen molar-refractivity contribution in [3.05, 3.63) is 89.7 Å². The number of hydrogen-bond acceptors (Lipinski definition) is 5. The number of sulfonamides is 1. The first kappa shape index (κ1) is 30.6. The van der Waals surface area contributed by atoms with Crippen LogP contribution in [0.1, 0.15) is 31.9 Å². The topological polar surface area (TPSA) is 96.0 Å². The molecule has 8 nitrogen and oxygen atoms in total. The molecule has 10 heteroatoms. The quantitative estimate of drug-likeness (QED) is 0.346. The van der Waals surface area contributed by atoms with Gasteiger partial charge < -0.3 is 15.0 Å². The van der Waals surface area contributed by atoms with Crippen molar-refractivity contribution in [2.24, 2.45) is 5.92 Å². The molecule has 3 aromatic rings. The third-order valence-corrected chi connectivity index (χ3v) is 8.15. The number of hydrogen-bond donors (Lipinski definition) is 1. The molecule has 40 heavy (non-hydrogen) atoms. The predicted molar refractivity (Wildman–Crippen MR) is 153 cm³/mol. The number of carbonyl (C=O) groups is 2. The molecule has 0 fully saturated rings. The third kappa shape index (κ3) is 7.59. The summed E-state index contributed by atoms with van der Waals surface area (Å²) in [5, 5.41) is 2.83. The van der Waals surface area contributed by atoms with Crippen LogP contribution in [-0.4, -0.2) is 51.4 Å². The van der Waals surface area contributed by atoms with Crippen molar-refractivity contribution in [2.75, 3.05) is 24.5 Å². The van der Waals surface area contributed by atoms with E-state index in [4.69, 9.17) is 4.74 Å². The average molecular weight is 570 g/mol. The summed E-state index contributed by atoms with van der Waals surface area (Å²) in [6, 6.07) is 17.5. The number of nitrogens with one attached hydrogen (secondary N) is 1. The molecule has 0 aromatic heterocycles. The summed E-state index contributed by atoms with van der Waals surface area (Å²) in [4.78, 5) is 28.1. The van der Waals surface area contributed by atoms with Crippen LogP contribution in [0.25, 0.3) is 0 Å². The van der Waals surface area contributed by atoms with E-state index < -0.39 is 34.3 Å². The van der Waals surface area contributed by atoms with Gasteiger partial charge in [0.1, 0.15) is 24.2 Å². The monoisotopic (exact) mass is 569 g/mol. The normalized spacial score (nSPS) is 12.1. The maximum atomic E-state index is 15.0. The van der Waals surface area contributed by atoms with E-state index in [2.05, 4.69) is 5.32 Å². The van der Waals surface area contributed by atoms with Crippen LogP contribution in [0.5, 0.6) is 5.75 Å². The minimum Gasteiger partial charge on any atom is -0.497 e. The van der Waals surface area contributed by atoms with Crippen molar-refractivity contribution >= 4 is 27.5 Å². The van der Waals surface area contributed by atoms with Crippen molar-refractivity contribution in [3.63, 3.8) is 0 Å². The fourth-order valence-electron chi connectivity index (χ4n) is 3.97. The molecule has 2 amide bonds. The van der Waals surface area contributed by atoms with E-state index in [9.17, 15) is 22.4 Å². The molecule has 0 aliphatic carbocycles. The summed E-state index contributed by atoms with van der Waals surface area (Å²) in [6.07, 6.45) is 0. The first-order chi connectivity index (χ1) is 18.9. The fraction of sp³-hybridized carbons (Fsp3) is 0.333. The first-order valence-electron chi connectivity index (χ1n) is 13.0. The highest BCUT2D eigenvalue weighted by molar-refractivity contribution is 7.92. The van der Waals surface area contributed by atoms with Gasteiger partial charge in [0.25, 0.3) is 10.0 Å². The molecule has 1 unspecified atom stereocenters. The van der Waals surface area contributed by atoms with Crippen LogP contribution >= 0.6 is 0 Å². The van der Waals surface area contributed by atoms with Crippen LogP contribution in [0.3, 0.4) is 0 Å². The first-order valence-corrected chi connectivity index (χ1v) is 14.4. The number of anilines is 1. The number of nitrogens with zero attached hydrogens (tertiary/aromatic N) is 2. The Morgan fingerprint density at radius 2 is 1.57 bits per heavy atom. The van der Waals surface area contributed by atoms with E-state index in [-0.39, 0.29) is 29.0 Å². The number of para-hydroxylation sites is 1. The Morgan fingerprint density at radius 3 is 2.15 bits per heavy atom. The van der Waals surface area contributed by atoms with Gasteiger partial charge in [-0.25, -0.2) is 12.8 Å². The Labute approximate surface area is 235 Å². The van der Waals surface area contributed by atoms with Crippen molar-refractivity contribution < 1.29 is 27.1 Å². The molecular weight excluding hydrogens is 533 g/mol. The summed E-state index contributed by atoms with van der Waals surface area (Å²) in [7, 11) is -2.80. The summed E-state index contributed by atoms with van der Waals surface area (Å²) >= 11 is 0. The lowest BCUT2D eigenvalue weighted by atomic mass is 10.1. The number of aryl methyl sites for hydroxylation is 1. The Morgan fingerprint density at radius 1 is 0.950 bits per heavy atom. The van der Waals surface area contributed by atoms with Gasteiger partial charge in [0.15, 0.2) is 0 Å². The van der Waals surface area contributed by atoms with Gasteiger partial charge in [-0.1, -0.05) is 55.8 Å². The Hall–Kier alpha value is -3.92. The second kappa shape index (κ2) is 13.4. The Bertz CT molecular complexity index is 1410. The van der Waals surface area contributed by atoms with E-state index in [1.54, 1.807) is 43.3 Å². The minimum atomic E-state index is -4.34. The number of ether oxygens (including phenoxy) is 1. The molecule has 0 heterocycles. The fourth-order valence-corrected chi connectivity index (χ4v) is 5.39. The number of rotatable bonds is 12. The zero-order valence-corrected chi connectivity index (χ0v) is 24.2. The van der Waals surface area contributed by atoms with Gasteiger partial charge in [0, 0.05) is 13.1 Å². The molecule has 0 spiro atoms. The minimum absolute atomic E-state index is 0.0226. The van der Waals surface area contributed by atoms with Crippen LogP contribution < -0.4 is 14.4 Å². The molecule has 0 aliphatic rings. The van der Waals surface area contributed by atoms with Crippen molar-refractivity contribution in [1.29, 1.82) is 0 Å². The van der Waals surface area contributed by atoms with Gasteiger partial charge in [-0.2, -0.15) is 0 Å². The van der Waals surface area contributed by atoms with Crippen LogP contribution in [0.4, 0.5) is 10.1 Å². The maximum Gasteiger partial charge on any atom is 0.264 e. The van der Waals surface area contributed by atoms with Gasteiger partial charge in [-0.05, 0) is 61.7 Å². The lowest BCUT2D eigenvalue weighted by Gasteiger charge is -2.32. The highest BCUT2D eigenvalue weighted by Crippen LogP contribution is 2.27. The van der Waals surface area contributed by atoms with Crippen LogP contribution in [-0.2, 0) is 26.2 Å². The van der Waals surface area contributed by atoms with Crippen LogP contribution in [0, 0.1) is 18.7 Å². The largest absolute Gasteiger partial charge is 0.497 e. The van der Waals surface area contributed by atoms with Gasteiger partial charge in [-0.15, -0.1) is 0 Å². The lowest BCUT2D eigenvalue weighted by molar-refractivity contribution is -0.139. The molecule has 214 valence electrons. The zero-order chi connectivity index (χ0) is 29.4. The molecule has 1 N–H and O–H groups in total. The summed E-state index contributed by atoms with van der Waals surface area (Å²) < 4.78 is 48.5. The summed E-state index contributed by atoms with van der Waals surface area (Å²) in [6.45, 7) is 7.03. The highest BCUT2D eigenvalue weighted by Gasteiger charge is 2.33. The second-order valence-corrected chi connectivity index (χ2v) is 11.8. The van der Waals surface area contributed by atoms with E-state index in [1.165, 1.54) is 42.3 Å². The molecule has 0 aliphatic heterocycles. The lowest BCUT2D eigenvalue weighted by Crippen LogP contribution is -2.51.